The molecule has 3 N–H and O–H groups in total. The molecule has 110 valence electrons. The van der Waals surface area contributed by atoms with Crippen molar-refractivity contribution in [1.29, 1.82) is 0 Å². The second-order valence-corrected chi connectivity index (χ2v) is 5.90. The Labute approximate surface area is 124 Å². The van der Waals surface area contributed by atoms with E-state index in [9.17, 15) is 4.79 Å². The molecule has 1 heterocycles. The van der Waals surface area contributed by atoms with Gasteiger partial charge in [-0.15, -0.1) is 0 Å². The molecule has 2 rings (SSSR count). The van der Waals surface area contributed by atoms with Crippen LogP contribution >= 0.6 is 11.6 Å². The van der Waals surface area contributed by atoms with E-state index in [0.717, 1.165) is 31.4 Å². The molecular weight excluding hydrogens is 276 g/mol. The summed E-state index contributed by atoms with van der Waals surface area (Å²) < 4.78 is 0. The minimum absolute atomic E-state index is 0.0800. The molecular formula is C14H21ClN4O. The highest BCUT2D eigenvalue weighted by Gasteiger charge is 2.37. The predicted octanol–water partition coefficient (Wildman–Crippen LogP) is 2.68. The van der Waals surface area contributed by atoms with Gasteiger partial charge in [0.2, 0.25) is 11.9 Å². The van der Waals surface area contributed by atoms with Crippen molar-refractivity contribution in [2.75, 3.05) is 11.9 Å². The standard InChI is InChI=1S/C14H21ClN4O/c1-10-8-11(15)18-13(17-10)19-12(20)14(9-16)6-4-2-3-5-7-14/h8H,2-7,9,16H2,1H3,(H,17,18,19,20). The molecule has 1 aromatic heterocycles. The number of nitrogens with one attached hydrogen (secondary N) is 1. The molecule has 0 spiro atoms. The summed E-state index contributed by atoms with van der Waals surface area (Å²) in [5, 5.41) is 3.12. The highest BCUT2D eigenvalue weighted by atomic mass is 35.5. The zero-order valence-electron chi connectivity index (χ0n) is 11.8. The minimum Gasteiger partial charge on any atom is -0.329 e. The Morgan fingerprint density at radius 1 is 1.35 bits per heavy atom. The zero-order chi connectivity index (χ0) is 14.6. The number of aromatic nitrogens is 2. The van der Waals surface area contributed by atoms with E-state index in [2.05, 4.69) is 15.3 Å². The quantitative estimate of drug-likeness (QED) is 0.664. The van der Waals surface area contributed by atoms with E-state index in [1.165, 1.54) is 12.8 Å². The number of carbonyl (C=O) groups excluding carboxylic acids is 1. The summed E-state index contributed by atoms with van der Waals surface area (Å²) in [6.07, 6.45) is 6.08. The molecule has 0 unspecified atom stereocenters. The highest BCUT2D eigenvalue weighted by molar-refractivity contribution is 6.29. The fourth-order valence-corrected chi connectivity index (χ4v) is 2.99. The van der Waals surface area contributed by atoms with Crippen molar-refractivity contribution in [3.63, 3.8) is 0 Å². The predicted molar refractivity (Wildman–Crippen MR) is 79.6 cm³/mol. The van der Waals surface area contributed by atoms with Crippen LogP contribution in [0.3, 0.4) is 0 Å². The minimum atomic E-state index is -0.490. The molecule has 0 radical (unpaired) electrons. The summed E-state index contributed by atoms with van der Waals surface area (Å²) in [4.78, 5) is 20.8. The summed E-state index contributed by atoms with van der Waals surface area (Å²) in [6, 6.07) is 1.65. The Morgan fingerprint density at radius 2 is 2.00 bits per heavy atom. The van der Waals surface area contributed by atoms with E-state index < -0.39 is 5.41 Å². The van der Waals surface area contributed by atoms with Gasteiger partial charge in [-0.25, -0.2) is 9.97 Å². The molecule has 1 saturated carbocycles. The first-order valence-electron chi connectivity index (χ1n) is 7.08. The van der Waals surface area contributed by atoms with Gasteiger partial charge < -0.3 is 5.73 Å². The summed E-state index contributed by atoms with van der Waals surface area (Å²) in [6.45, 7) is 2.17. The first-order chi connectivity index (χ1) is 9.55. The molecule has 0 aliphatic heterocycles. The van der Waals surface area contributed by atoms with Crippen LogP contribution in [0.4, 0.5) is 5.95 Å². The Kier molecular flexibility index (Phi) is 4.94. The SMILES string of the molecule is Cc1cc(Cl)nc(NC(=O)C2(CN)CCCCCC2)n1. The van der Waals surface area contributed by atoms with Crippen LogP contribution in [0.1, 0.15) is 44.2 Å². The normalized spacial score (nSPS) is 18.4. The highest BCUT2D eigenvalue weighted by Crippen LogP contribution is 2.35. The summed E-state index contributed by atoms with van der Waals surface area (Å²) in [5.41, 5.74) is 6.13. The number of halogens is 1. The number of hydrogen-bond donors (Lipinski definition) is 2. The van der Waals surface area contributed by atoms with E-state index >= 15 is 0 Å². The summed E-state index contributed by atoms with van der Waals surface area (Å²) in [5.74, 6) is 0.181. The molecule has 0 bridgehead atoms. The number of nitrogens with two attached hydrogens (primary N) is 1. The van der Waals surface area contributed by atoms with E-state index in [-0.39, 0.29) is 11.9 Å². The lowest BCUT2D eigenvalue weighted by Gasteiger charge is -2.29. The number of aryl methyl sites for hydroxylation is 1. The maximum atomic E-state index is 12.6. The second-order valence-electron chi connectivity index (χ2n) is 5.51. The third kappa shape index (κ3) is 3.46. The van der Waals surface area contributed by atoms with Crippen LogP contribution in [0.15, 0.2) is 6.07 Å². The van der Waals surface area contributed by atoms with Gasteiger partial charge in [-0.05, 0) is 25.8 Å². The van der Waals surface area contributed by atoms with Crippen molar-refractivity contribution in [1.82, 2.24) is 9.97 Å². The van der Waals surface area contributed by atoms with Gasteiger partial charge in [-0.2, -0.15) is 0 Å². The van der Waals surface area contributed by atoms with Crippen LogP contribution in [0.5, 0.6) is 0 Å². The Hall–Kier alpha value is -1.20. The van der Waals surface area contributed by atoms with Gasteiger partial charge >= 0.3 is 0 Å². The van der Waals surface area contributed by atoms with Crippen LogP contribution < -0.4 is 11.1 Å². The number of rotatable bonds is 3. The fraction of sp³-hybridized carbons (Fsp3) is 0.643. The van der Waals surface area contributed by atoms with Crippen LogP contribution in [-0.2, 0) is 4.79 Å². The van der Waals surface area contributed by atoms with Crippen molar-refractivity contribution in [3.8, 4) is 0 Å². The molecule has 0 saturated heterocycles. The first-order valence-corrected chi connectivity index (χ1v) is 7.46. The maximum absolute atomic E-state index is 12.6. The van der Waals surface area contributed by atoms with Crippen LogP contribution in [0, 0.1) is 12.3 Å². The average Bonchev–Trinajstić information content (AvgIpc) is 2.63. The van der Waals surface area contributed by atoms with Gasteiger partial charge in [0, 0.05) is 12.2 Å². The Balaban J connectivity index is 2.16. The average molecular weight is 297 g/mol. The Bertz CT molecular complexity index is 464. The van der Waals surface area contributed by atoms with E-state index in [4.69, 9.17) is 17.3 Å². The molecule has 6 heteroatoms. The largest absolute Gasteiger partial charge is 0.329 e. The lowest BCUT2D eigenvalue weighted by atomic mass is 9.79. The lowest BCUT2D eigenvalue weighted by Crippen LogP contribution is -2.42. The summed E-state index contributed by atoms with van der Waals surface area (Å²) in [7, 11) is 0. The molecule has 0 atom stereocenters. The van der Waals surface area contributed by atoms with Crippen molar-refractivity contribution in [3.05, 3.63) is 16.9 Å². The number of carbonyl (C=O) groups is 1. The van der Waals surface area contributed by atoms with Gasteiger partial charge in [0.05, 0.1) is 5.41 Å². The maximum Gasteiger partial charge on any atom is 0.234 e. The zero-order valence-corrected chi connectivity index (χ0v) is 12.5. The number of anilines is 1. The monoisotopic (exact) mass is 296 g/mol. The van der Waals surface area contributed by atoms with Crippen LogP contribution in [0.2, 0.25) is 5.15 Å². The smallest absolute Gasteiger partial charge is 0.234 e. The molecule has 1 fully saturated rings. The van der Waals surface area contributed by atoms with Crippen molar-refractivity contribution in [2.45, 2.75) is 45.4 Å². The molecule has 20 heavy (non-hydrogen) atoms. The Morgan fingerprint density at radius 3 is 2.55 bits per heavy atom. The summed E-state index contributed by atoms with van der Waals surface area (Å²) >= 11 is 5.89. The van der Waals surface area contributed by atoms with E-state index in [0.29, 0.717) is 11.7 Å². The van der Waals surface area contributed by atoms with Crippen molar-refractivity contribution in [2.24, 2.45) is 11.1 Å². The molecule has 1 aliphatic carbocycles. The lowest BCUT2D eigenvalue weighted by molar-refractivity contribution is -0.125. The number of hydrogen-bond acceptors (Lipinski definition) is 4. The second kappa shape index (κ2) is 6.50. The van der Waals surface area contributed by atoms with Crippen molar-refractivity contribution < 1.29 is 4.79 Å². The van der Waals surface area contributed by atoms with E-state index in [1.54, 1.807) is 6.07 Å². The van der Waals surface area contributed by atoms with Crippen LogP contribution in [-0.4, -0.2) is 22.4 Å². The van der Waals surface area contributed by atoms with Gasteiger partial charge in [0.15, 0.2) is 0 Å². The molecule has 1 amide bonds. The van der Waals surface area contributed by atoms with Gasteiger partial charge in [0.1, 0.15) is 5.15 Å². The van der Waals surface area contributed by atoms with Gasteiger partial charge in [-0.1, -0.05) is 37.3 Å². The molecule has 5 nitrogen and oxygen atoms in total. The third-order valence-corrected chi connectivity index (χ3v) is 4.17. The first kappa shape index (κ1) is 15.2. The molecule has 1 aliphatic rings. The molecule has 0 aromatic carbocycles. The number of nitrogens with zero attached hydrogens (tertiary/aromatic N) is 2. The third-order valence-electron chi connectivity index (χ3n) is 3.98. The number of amides is 1. The van der Waals surface area contributed by atoms with Crippen LogP contribution in [0.25, 0.3) is 0 Å². The van der Waals surface area contributed by atoms with Gasteiger partial charge in [0.25, 0.3) is 0 Å². The fourth-order valence-electron chi connectivity index (χ4n) is 2.75. The topological polar surface area (TPSA) is 80.9 Å². The van der Waals surface area contributed by atoms with Gasteiger partial charge in [-0.3, -0.25) is 10.1 Å². The molecule has 1 aromatic rings. The van der Waals surface area contributed by atoms with Crippen molar-refractivity contribution >= 4 is 23.5 Å². The van der Waals surface area contributed by atoms with E-state index in [1.807, 2.05) is 6.92 Å².